The highest BCUT2D eigenvalue weighted by Gasteiger charge is 2.26. The smallest absolute Gasteiger partial charge is 0.123 e. The summed E-state index contributed by atoms with van der Waals surface area (Å²) < 4.78 is 13.8. The summed E-state index contributed by atoms with van der Waals surface area (Å²) in [4.78, 5) is 12.6. The molecule has 0 spiro atoms. The number of H-pyrrole nitrogens is 1. The fourth-order valence-corrected chi connectivity index (χ4v) is 5.21. The summed E-state index contributed by atoms with van der Waals surface area (Å²) in [6, 6.07) is 12.8. The van der Waals surface area contributed by atoms with Gasteiger partial charge >= 0.3 is 0 Å². The van der Waals surface area contributed by atoms with Gasteiger partial charge in [0, 0.05) is 22.5 Å². The second kappa shape index (κ2) is 7.99. The Balaban J connectivity index is 1.26. The molecular weight excluding hydrogens is 397 g/mol. The zero-order valence-corrected chi connectivity index (χ0v) is 17.8. The van der Waals surface area contributed by atoms with E-state index in [2.05, 4.69) is 23.0 Å². The van der Waals surface area contributed by atoms with Gasteiger partial charge in [-0.15, -0.1) is 0 Å². The van der Waals surface area contributed by atoms with E-state index in [0.29, 0.717) is 17.8 Å². The highest BCUT2D eigenvalue weighted by Crippen LogP contribution is 2.41. The van der Waals surface area contributed by atoms with Crippen LogP contribution in [-0.2, 0) is 0 Å². The number of aromatic nitrogens is 3. The van der Waals surface area contributed by atoms with Crippen LogP contribution in [0, 0.1) is 11.7 Å². The molecule has 3 nitrogen and oxygen atoms in total. The Labute approximate surface area is 180 Å². The quantitative estimate of drug-likeness (QED) is 0.373. The average Bonchev–Trinajstić information content (AvgIpc) is 3.17. The number of hydrogen-bond donors (Lipinski definition) is 1. The molecule has 4 aromatic rings. The molecule has 1 N–H and O–H groups in total. The van der Waals surface area contributed by atoms with Gasteiger partial charge < -0.3 is 4.98 Å². The van der Waals surface area contributed by atoms with Crippen LogP contribution in [0.2, 0.25) is 5.02 Å². The molecule has 0 aliphatic heterocycles. The van der Waals surface area contributed by atoms with Crippen LogP contribution in [0.4, 0.5) is 4.39 Å². The highest BCUT2D eigenvalue weighted by molar-refractivity contribution is 6.31. The van der Waals surface area contributed by atoms with Crippen LogP contribution in [0.1, 0.15) is 62.3 Å². The molecule has 0 unspecified atom stereocenters. The predicted molar refractivity (Wildman–Crippen MR) is 121 cm³/mol. The molecule has 2 heterocycles. The number of benzene rings is 2. The summed E-state index contributed by atoms with van der Waals surface area (Å²) >= 11 is 6.09. The fourth-order valence-electron chi connectivity index (χ4n) is 5.05. The van der Waals surface area contributed by atoms with Crippen molar-refractivity contribution in [3.8, 4) is 0 Å². The predicted octanol–water partition coefficient (Wildman–Crippen LogP) is 7.37. The highest BCUT2D eigenvalue weighted by atomic mass is 35.5. The minimum atomic E-state index is -0.189. The number of fused-ring (bicyclic) bond motifs is 2. The normalized spacial score (nSPS) is 20.6. The first-order valence-electron chi connectivity index (χ1n) is 10.8. The molecule has 0 saturated heterocycles. The van der Waals surface area contributed by atoms with E-state index in [1.807, 2.05) is 24.4 Å². The minimum Gasteiger partial charge on any atom is -0.342 e. The van der Waals surface area contributed by atoms with E-state index in [1.54, 1.807) is 12.1 Å². The van der Waals surface area contributed by atoms with Crippen molar-refractivity contribution >= 4 is 33.5 Å². The Morgan fingerprint density at radius 2 is 1.90 bits per heavy atom. The monoisotopic (exact) mass is 421 g/mol. The summed E-state index contributed by atoms with van der Waals surface area (Å²) in [6.45, 7) is 2.25. The number of aromatic amines is 1. The molecule has 2 aromatic heterocycles. The zero-order chi connectivity index (χ0) is 20.7. The van der Waals surface area contributed by atoms with E-state index >= 15 is 0 Å². The van der Waals surface area contributed by atoms with Gasteiger partial charge in [-0.05, 0) is 92.0 Å². The van der Waals surface area contributed by atoms with Gasteiger partial charge in [0.05, 0.1) is 16.6 Å². The van der Waals surface area contributed by atoms with Crippen molar-refractivity contribution in [1.82, 2.24) is 15.0 Å². The van der Waals surface area contributed by atoms with Crippen LogP contribution in [0.3, 0.4) is 0 Å². The molecule has 1 atom stereocenters. The molecule has 0 radical (unpaired) electrons. The molecule has 5 rings (SSSR count). The number of halogens is 2. The molecule has 1 aliphatic carbocycles. The van der Waals surface area contributed by atoms with Gasteiger partial charge in [-0.2, -0.15) is 0 Å². The molecule has 5 heteroatoms. The van der Waals surface area contributed by atoms with Crippen LogP contribution >= 0.6 is 11.6 Å². The summed E-state index contributed by atoms with van der Waals surface area (Å²) in [5.41, 5.74) is 4.11. The van der Waals surface area contributed by atoms with Crippen molar-refractivity contribution in [2.45, 2.75) is 50.9 Å². The second-order valence-corrected chi connectivity index (χ2v) is 9.14. The summed E-state index contributed by atoms with van der Waals surface area (Å²) in [6.07, 6.45) is 7.66. The number of nitrogens with one attached hydrogen (secondary N) is 1. The number of imidazole rings is 1. The van der Waals surface area contributed by atoms with Crippen LogP contribution in [0.5, 0.6) is 0 Å². The van der Waals surface area contributed by atoms with Gasteiger partial charge in [0.25, 0.3) is 0 Å². The Hall–Kier alpha value is -2.46. The Bertz CT molecular complexity index is 1190. The number of rotatable bonds is 4. The third kappa shape index (κ3) is 3.81. The van der Waals surface area contributed by atoms with E-state index < -0.39 is 0 Å². The van der Waals surface area contributed by atoms with E-state index in [1.165, 1.54) is 24.5 Å². The van der Waals surface area contributed by atoms with Crippen molar-refractivity contribution in [3.05, 3.63) is 70.9 Å². The molecule has 1 aliphatic rings. The molecule has 1 fully saturated rings. The fraction of sp³-hybridized carbons (Fsp3) is 0.360. The van der Waals surface area contributed by atoms with Gasteiger partial charge in [-0.25, -0.2) is 9.37 Å². The van der Waals surface area contributed by atoms with Gasteiger partial charge in [0.1, 0.15) is 11.6 Å². The van der Waals surface area contributed by atoms with Crippen molar-refractivity contribution in [2.24, 2.45) is 5.92 Å². The third-order valence-corrected chi connectivity index (χ3v) is 6.88. The standard InChI is InChI=1S/C25H25ClFN3/c1-15(25-29-23-8-6-18(26)13-24(23)30-25)12-16-2-4-17(5-3-16)20-10-11-28-22-9-7-19(27)14-21(20)22/h6-11,13-17H,2-5,12H2,1H3,(H,29,30)/t15-,16-,17+/m1/s1. The van der Waals surface area contributed by atoms with Crippen molar-refractivity contribution in [3.63, 3.8) is 0 Å². The van der Waals surface area contributed by atoms with Crippen LogP contribution < -0.4 is 0 Å². The summed E-state index contributed by atoms with van der Waals surface area (Å²) in [7, 11) is 0. The number of pyridine rings is 1. The maximum Gasteiger partial charge on any atom is 0.123 e. The first kappa shape index (κ1) is 19.5. The maximum atomic E-state index is 13.8. The van der Waals surface area contributed by atoms with Crippen LogP contribution in [-0.4, -0.2) is 15.0 Å². The Morgan fingerprint density at radius 3 is 2.73 bits per heavy atom. The molecule has 1 saturated carbocycles. The van der Waals surface area contributed by atoms with Gasteiger partial charge in [0.15, 0.2) is 0 Å². The summed E-state index contributed by atoms with van der Waals surface area (Å²) in [5, 5.41) is 1.69. The number of nitrogens with zero attached hydrogens (tertiary/aromatic N) is 2. The van der Waals surface area contributed by atoms with Gasteiger partial charge in [-0.1, -0.05) is 18.5 Å². The lowest BCUT2D eigenvalue weighted by Gasteiger charge is -2.30. The molecule has 30 heavy (non-hydrogen) atoms. The van der Waals surface area contributed by atoms with Crippen molar-refractivity contribution < 1.29 is 4.39 Å². The molecule has 154 valence electrons. The first-order valence-corrected chi connectivity index (χ1v) is 11.1. The number of hydrogen-bond acceptors (Lipinski definition) is 2. The zero-order valence-electron chi connectivity index (χ0n) is 17.0. The molecular formula is C25H25ClFN3. The topological polar surface area (TPSA) is 41.6 Å². The lowest BCUT2D eigenvalue weighted by molar-refractivity contribution is 0.296. The molecule has 2 aromatic carbocycles. The molecule has 0 bridgehead atoms. The largest absolute Gasteiger partial charge is 0.342 e. The minimum absolute atomic E-state index is 0.189. The van der Waals surface area contributed by atoms with Gasteiger partial charge in [-0.3, -0.25) is 4.98 Å². The molecule has 0 amide bonds. The lowest BCUT2D eigenvalue weighted by Crippen LogP contribution is -2.16. The van der Waals surface area contributed by atoms with E-state index in [0.717, 1.165) is 52.0 Å². The Kier molecular flexibility index (Phi) is 5.20. The SMILES string of the molecule is C[C@H](C[C@H]1CC[C@@H](c2ccnc3ccc(F)cc32)CC1)c1nc2cc(Cl)ccc2[nH]1. The maximum absolute atomic E-state index is 13.8. The summed E-state index contributed by atoms with van der Waals surface area (Å²) in [5.74, 6) is 2.42. The average molecular weight is 422 g/mol. The second-order valence-electron chi connectivity index (χ2n) is 8.70. The van der Waals surface area contributed by atoms with Crippen molar-refractivity contribution in [1.29, 1.82) is 0 Å². The lowest BCUT2D eigenvalue weighted by atomic mass is 9.75. The van der Waals surface area contributed by atoms with E-state index in [4.69, 9.17) is 16.6 Å². The van der Waals surface area contributed by atoms with E-state index in [-0.39, 0.29) is 5.82 Å². The third-order valence-electron chi connectivity index (χ3n) is 6.64. The van der Waals surface area contributed by atoms with E-state index in [9.17, 15) is 4.39 Å². The van der Waals surface area contributed by atoms with Gasteiger partial charge in [0.2, 0.25) is 0 Å². The van der Waals surface area contributed by atoms with Crippen molar-refractivity contribution in [2.75, 3.05) is 0 Å². The van der Waals surface area contributed by atoms with Crippen LogP contribution in [0.15, 0.2) is 48.7 Å². The Morgan fingerprint density at radius 1 is 1.07 bits per heavy atom. The van der Waals surface area contributed by atoms with Crippen LogP contribution in [0.25, 0.3) is 21.9 Å². The first-order chi connectivity index (χ1) is 14.6.